The molecule has 2 atom stereocenters. The molecule has 8 heteroatoms. The summed E-state index contributed by atoms with van der Waals surface area (Å²) in [6.07, 6.45) is 3.88. The lowest BCUT2D eigenvalue weighted by molar-refractivity contribution is -0.142. The van der Waals surface area contributed by atoms with Crippen molar-refractivity contribution in [1.29, 1.82) is 0 Å². The van der Waals surface area contributed by atoms with Gasteiger partial charge in [-0.25, -0.2) is 4.98 Å². The third-order valence-electron chi connectivity index (χ3n) is 6.48. The summed E-state index contributed by atoms with van der Waals surface area (Å²) in [5, 5.41) is 12.8. The molecule has 1 fully saturated rings. The summed E-state index contributed by atoms with van der Waals surface area (Å²) in [5.74, 6) is 0.352. The van der Waals surface area contributed by atoms with E-state index in [2.05, 4.69) is 20.9 Å². The molecule has 0 aliphatic carbocycles. The second-order valence-electron chi connectivity index (χ2n) is 10.4. The lowest BCUT2D eigenvalue weighted by Crippen LogP contribution is -2.46. The number of imidazole rings is 1. The van der Waals surface area contributed by atoms with Crippen LogP contribution in [0.3, 0.4) is 0 Å². The molecular weight excluding hydrogens is 432 g/mol. The standard InChI is InChI=1S/C26H34N4O4/c1-16-10-19(13-28-24(16)31)23-29-20-11-17(12-27-22(25(32)33)26(2,3)4)7-8-21(20)30(23)14-18-6-5-9-34-15-18/h7-8,10-11,13,18,22,27H,5-6,9,12,14-15H2,1-4H3,(H,28,31)(H,32,33)/t18?,22-/m1/s1. The van der Waals surface area contributed by atoms with Crippen molar-refractivity contribution in [2.75, 3.05) is 13.2 Å². The van der Waals surface area contributed by atoms with Crippen LogP contribution in [-0.4, -0.2) is 44.9 Å². The van der Waals surface area contributed by atoms with Crippen LogP contribution in [0.2, 0.25) is 0 Å². The highest BCUT2D eigenvalue weighted by Gasteiger charge is 2.30. The number of aryl methyl sites for hydroxylation is 1. The molecule has 0 spiro atoms. The lowest BCUT2D eigenvalue weighted by Gasteiger charge is -2.28. The molecule has 1 saturated heterocycles. The molecule has 3 N–H and O–H groups in total. The summed E-state index contributed by atoms with van der Waals surface area (Å²) in [5.41, 5.74) is 3.82. The maximum absolute atomic E-state index is 11.9. The van der Waals surface area contributed by atoms with Gasteiger partial charge in [0.1, 0.15) is 11.9 Å². The molecule has 1 aromatic carbocycles. The average Bonchev–Trinajstić information content (AvgIpc) is 3.13. The molecule has 0 radical (unpaired) electrons. The van der Waals surface area contributed by atoms with E-state index in [0.29, 0.717) is 18.0 Å². The van der Waals surface area contributed by atoms with E-state index in [-0.39, 0.29) is 5.56 Å². The van der Waals surface area contributed by atoms with E-state index in [9.17, 15) is 14.7 Å². The Morgan fingerprint density at radius 2 is 2.15 bits per heavy atom. The van der Waals surface area contributed by atoms with Gasteiger partial charge >= 0.3 is 5.97 Å². The Balaban J connectivity index is 1.69. The van der Waals surface area contributed by atoms with E-state index in [1.165, 1.54) is 0 Å². The number of pyridine rings is 1. The van der Waals surface area contributed by atoms with E-state index < -0.39 is 17.4 Å². The molecule has 3 heterocycles. The quantitative estimate of drug-likeness (QED) is 0.490. The van der Waals surface area contributed by atoms with Crippen molar-refractivity contribution in [3.8, 4) is 11.4 Å². The largest absolute Gasteiger partial charge is 0.480 e. The normalized spacial score (nSPS) is 17.7. The Morgan fingerprint density at radius 3 is 2.79 bits per heavy atom. The van der Waals surface area contributed by atoms with Gasteiger partial charge in [-0.3, -0.25) is 14.9 Å². The van der Waals surface area contributed by atoms with Gasteiger partial charge in [-0.05, 0) is 48.9 Å². The van der Waals surface area contributed by atoms with E-state index in [1.807, 2.05) is 39.0 Å². The number of aromatic amines is 1. The van der Waals surface area contributed by atoms with Crippen LogP contribution in [0.15, 0.2) is 35.3 Å². The number of hydrogen-bond donors (Lipinski definition) is 3. The molecule has 0 saturated carbocycles. The Morgan fingerprint density at radius 1 is 1.35 bits per heavy atom. The molecular formula is C26H34N4O4. The van der Waals surface area contributed by atoms with Crippen LogP contribution in [0.1, 0.15) is 44.7 Å². The first-order valence-corrected chi connectivity index (χ1v) is 11.9. The van der Waals surface area contributed by atoms with Crippen LogP contribution in [-0.2, 0) is 22.6 Å². The van der Waals surface area contributed by atoms with Crippen LogP contribution in [0.25, 0.3) is 22.4 Å². The van der Waals surface area contributed by atoms with Gasteiger partial charge in [-0.15, -0.1) is 0 Å². The summed E-state index contributed by atoms with van der Waals surface area (Å²) in [4.78, 5) is 31.4. The van der Waals surface area contributed by atoms with Crippen molar-refractivity contribution in [1.82, 2.24) is 19.9 Å². The minimum absolute atomic E-state index is 0.104. The molecule has 1 unspecified atom stereocenters. The van der Waals surface area contributed by atoms with Gasteiger partial charge in [0.15, 0.2) is 0 Å². The Kier molecular flexibility index (Phi) is 6.91. The predicted octanol–water partition coefficient (Wildman–Crippen LogP) is 3.72. The minimum atomic E-state index is -0.858. The highest BCUT2D eigenvalue weighted by molar-refractivity contribution is 5.81. The Labute approximate surface area is 199 Å². The zero-order valence-electron chi connectivity index (χ0n) is 20.4. The number of aromatic nitrogens is 3. The molecule has 0 amide bonds. The van der Waals surface area contributed by atoms with Gasteiger partial charge in [0.05, 0.1) is 17.6 Å². The number of ether oxygens (including phenoxy) is 1. The molecule has 182 valence electrons. The number of rotatable bonds is 7. The minimum Gasteiger partial charge on any atom is -0.480 e. The van der Waals surface area contributed by atoms with Gasteiger partial charge in [-0.2, -0.15) is 0 Å². The third kappa shape index (κ3) is 5.23. The number of hydrogen-bond acceptors (Lipinski definition) is 5. The van der Waals surface area contributed by atoms with Gasteiger partial charge < -0.3 is 19.4 Å². The molecule has 4 rings (SSSR count). The fourth-order valence-corrected chi connectivity index (χ4v) is 4.61. The average molecular weight is 467 g/mol. The van der Waals surface area contributed by atoms with Gasteiger partial charge in [-0.1, -0.05) is 26.8 Å². The van der Waals surface area contributed by atoms with Crippen LogP contribution in [0.5, 0.6) is 0 Å². The first-order valence-electron chi connectivity index (χ1n) is 11.9. The number of nitrogens with one attached hydrogen (secondary N) is 2. The van der Waals surface area contributed by atoms with Crippen molar-refractivity contribution in [3.63, 3.8) is 0 Å². The molecule has 3 aromatic rings. The summed E-state index contributed by atoms with van der Waals surface area (Å²) in [6, 6.07) is 7.30. The number of fused-ring (bicyclic) bond motifs is 1. The van der Waals surface area contributed by atoms with Crippen molar-refractivity contribution in [2.45, 2.75) is 59.7 Å². The zero-order chi connectivity index (χ0) is 24.5. The SMILES string of the molecule is Cc1cc(-c2nc3cc(CN[C@H](C(=O)O)C(C)(C)C)ccc3n2CC2CCCOC2)c[nH]c1=O. The monoisotopic (exact) mass is 466 g/mol. The van der Waals surface area contributed by atoms with E-state index >= 15 is 0 Å². The number of carboxylic acid groups (broad SMARTS) is 1. The molecule has 8 nitrogen and oxygen atoms in total. The van der Waals surface area contributed by atoms with Gasteiger partial charge in [0, 0.05) is 42.9 Å². The number of nitrogens with zero attached hydrogens (tertiary/aromatic N) is 2. The van der Waals surface area contributed by atoms with Crippen molar-refractivity contribution < 1.29 is 14.6 Å². The third-order valence-corrected chi connectivity index (χ3v) is 6.48. The van der Waals surface area contributed by atoms with Gasteiger partial charge in [0.25, 0.3) is 5.56 Å². The Bertz CT molecular complexity index is 1230. The number of carbonyl (C=O) groups is 1. The highest BCUT2D eigenvalue weighted by Crippen LogP contribution is 2.28. The second kappa shape index (κ2) is 9.72. The molecule has 1 aliphatic rings. The maximum Gasteiger partial charge on any atom is 0.321 e. The van der Waals surface area contributed by atoms with Crippen LogP contribution >= 0.6 is 0 Å². The summed E-state index contributed by atoms with van der Waals surface area (Å²) >= 11 is 0. The van der Waals surface area contributed by atoms with Crippen molar-refractivity contribution in [2.24, 2.45) is 11.3 Å². The fraction of sp³-hybridized carbons (Fsp3) is 0.500. The van der Waals surface area contributed by atoms with Gasteiger partial charge in [0.2, 0.25) is 0 Å². The fourth-order valence-electron chi connectivity index (χ4n) is 4.61. The highest BCUT2D eigenvalue weighted by atomic mass is 16.5. The van der Waals surface area contributed by atoms with Crippen LogP contribution in [0, 0.1) is 18.3 Å². The van der Waals surface area contributed by atoms with Crippen LogP contribution < -0.4 is 10.9 Å². The number of carboxylic acids is 1. The zero-order valence-corrected chi connectivity index (χ0v) is 20.4. The maximum atomic E-state index is 11.9. The van der Waals surface area contributed by atoms with Crippen molar-refractivity contribution in [3.05, 3.63) is 51.9 Å². The first kappa shape index (κ1) is 24.2. The predicted molar refractivity (Wildman–Crippen MR) is 132 cm³/mol. The number of aliphatic carboxylic acids is 1. The van der Waals surface area contributed by atoms with Crippen LogP contribution in [0.4, 0.5) is 0 Å². The topological polar surface area (TPSA) is 109 Å². The number of benzene rings is 1. The molecule has 1 aliphatic heterocycles. The van der Waals surface area contributed by atoms with Crippen molar-refractivity contribution >= 4 is 17.0 Å². The summed E-state index contributed by atoms with van der Waals surface area (Å²) in [7, 11) is 0. The first-order chi connectivity index (χ1) is 16.1. The van der Waals surface area contributed by atoms with E-state index in [4.69, 9.17) is 9.72 Å². The number of H-pyrrole nitrogens is 1. The molecule has 34 heavy (non-hydrogen) atoms. The smallest absolute Gasteiger partial charge is 0.321 e. The van der Waals surface area contributed by atoms with E-state index in [0.717, 1.165) is 60.6 Å². The molecule has 0 bridgehead atoms. The lowest BCUT2D eigenvalue weighted by atomic mass is 9.86. The summed E-state index contributed by atoms with van der Waals surface area (Å²) < 4.78 is 7.92. The Hall–Kier alpha value is -2.97. The second-order valence-corrected chi connectivity index (χ2v) is 10.4. The van der Waals surface area contributed by atoms with E-state index in [1.54, 1.807) is 13.1 Å². The summed E-state index contributed by atoms with van der Waals surface area (Å²) in [6.45, 7) is 10.3. The molecule has 2 aromatic heterocycles.